The standard InChI is InChI=1S/C27H27N3O4/c1-34-22-10-7-20-17-30(25(32)23(20)15-22)18-27(16-24(31)28-26(27)33)12-11-19-5-8-21(9-6-19)29-13-3-2-4-14-29/h5-10,15H,2-4,13-14,16-18H2,1H3,(H,28,31,33)/t27-/m1/s1. The highest BCUT2D eigenvalue weighted by Crippen LogP contribution is 2.33. The molecule has 0 aliphatic carbocycles. The van der Waals surface area contributed by atoms with E-state index in [0.717, 1.165) is 24.2 Å². The summed E-state index contributed by atoms with van der Waals surface area (Å²) >= 11 is 0. The van der Waals surface area contributed by atoms with Crippen LogP contribution in [0.1, 0.15) is 47.2 Å². The van der Waals surface area contributed by atoms with Crippen molar-refractivity contribution in [2.24, 2.45) is 5.41 Å². The molecule has 0 spiro atoms. The van der Waals surface area contributed by atoms with Gasteiger partial charge in [-0.15, -0.1) is 0 Å². The number of fused-ring (bicyclic) bond motifs is 1. The third-order valence-corrected chi connectivity index (χ3v) is 6.84. The number of nitrogens with one attached hydrogen (secondary N) is 1. The van der Waals surface area contributed by atoms with E-state index in [1.54, 1.807) is 18.1 Å². The lowest BCUT2D eigenvalue weighted by molar-refractivity contribution is -0.127. The normalized spacial score (nSPS) is 21.7. The topological polar surface area (TPSA) is 79.0 Å². The number of hydrogen-bond acceptors (Lipinski definition) is 5. The van der Waals surface area contributed by atoms with Gasteiger partial charge in [0.15, 0.2) is 0 Å². The number of nitrogens with zero attached hydrogens (tertiary/aromatic N) is 2. The Morgan fingerprint density at radius 3 is 2.47 bits per heavy atom. The monoisotopic (exact) mass is 457 g/mol. The van der Waals surface area contributed by atoms with Gasteiger partial charge < -0.3 is 14.5 Å². The lowest BCUT2D eigenvalue weighted by Gasteiger charge is -2.28. The van der Waals surface area contributed by atoms with Crippen LogP contribution in [0, 0.1) is 17.3 Å². The van der Waals surface area contributed by atoms with E-state index in [4.69, 9.17) is 4.74 Å². The van der Waals surface area contributed by atoms with E-state index in [9.17, 15) is 14.4 Å². The van der Waals surface area contributed by atoms with Crippen molar-refractivity contribution in [2.45, 2.75) is 32.2 Å². The number of rotatable bonds is 4. The SMILES string of the molecule is COc1ccc2c(c1)C(=O)N(C[C@@]1(C#Cc3ccc(N4CCCCC4)cc3)CC(=O)NC1=O)C2. The molecule has 1 N–H and O–H groups in total. The van der Waals surface area contributed by atoms with E-state index in [2.05, 4.69) is 34.2 Å². The second kappa shape index (κ2) is 8.86. The van der Waals surface area contributed by atoms with Gasteiger partial charge >= 0.3 is 0 Å². The van der Waals surface area contributed by atoms with E-state index in [0.29, 0.717) is 17.9 Å². The smallest absolute Gasteiger partial charge is 0.254 e. The Bertz CT molecular complexity index is 1200. The minimum absolute atomic E-state index is 0.0548. The van der Waals surface area contributed by atoms with Crippen LogP contribution in [0.5, 0.6) is 5.75 Å². The van der Waals surface area contributed by atoms with Gasteiger partial charge in [0.1, 0.15) is 11.2 Å². The first-order valence-corrected chi connectivity index (χ1v) is 11.7. The summed E-state index contributed by atoms with van der Waals surface area (Å²) in [6.45, 7) is 2.55. The fourth-order valence-electron chi connectivity index (χ4n) is 4.93. The van der Waals surface area contributed by atoms with Crippen molar-refractivity contribution >= 4 is 23.4 Å². The molecule has 0 bridgehead atoms. The van der Waals surface area contributed by atoms with Gasteiger partial charge in [-0.25, -0.2) is 0 Å². The maximum Gasteiger partial charge on any atom is 0.254 e. The number of benzene rings is 2. The van der Waals surface area contributed by atoms with Crippen LogP contribution in [0.15, 0.2) is 42.5 Å². The highest BCUT2D eigenvalue weighted by Gasteiger charge is 2.48. The number of carbonyl (C=O) groups excluding carboxylic acids is 3. The average Bonchev–Trinajstić information content (AvgIpc) is 3.32. The quantitative estimate of drug-likeness (QED) is 0.564. The Kier molecular flexibility index (Phi) is 5.74. The van der Waals surface area contributed by atoms with Gasteiger partial charge in [-0.3, -0.25) is 19.7 Å². The van der Waals surface area contributed by atoms with Crippen molar-refractivity contribution < 1.29 is 19.1 Å². The maximum absolute atomic E-state index is 13.0. The molecule has 0 saturated carbocycles. The molecular weight excluding hydrogens is 430 g/mol. The molecule has 7 heteroatoms. The molecule has 2 saturated heterocycles. The molecule has 2 aromatic carbocycles. The Labute approximate surface area is 199 Å². The van der Waals surface area contributed by atoms with E-state index < -0.39 is 11.3 Å². The van der Waals surface area contributed by atoms with Gasteiger partial charge in [0, 0.05) is 43.0 Å². The summed E-state index contributed by atoms with van der Waals surface area (Å²) in [6, 6.07) is 13.4. The Hall–Kier alpha value is -3.79. The number of piperidine rings is 1. The predicted molar refractivity (Wildman–Crippen MR) is 127 cm³/mol. The summed E-state index contributed by atoms with van der Waals surface area (Å²) in [6.07, 6.45) is 3.63. The number of amides is 3. The first-order valence-electron chi connectivity index (χ1n) is 11.7. The first-order chi connectivity index (χ1) is 16.5. The van der Waals surface area contributed by atoms with E-state index in [-0.39, 0.29) is 24.8 Å². The molecule has 0 unspecified atom stereocenters. The first kappa shape index (κ1) is 22.0. The van der Waals surface area contributed by atoms with Gasteiger partial charge in [0.2, 0.25) is 11.8 Å². The minimum Gasteiger partial charge on any atom is -0.497 e. The van der Waals surface area contributed by atoms with Gasteiger partial charge in [-0.1, -0.05) is 17.9 Å². The van der Waals surface area contributed by atoms with Crippen molar-refractivity contribution in [1.29, 1.82) is 0 Å². The highest BCUT2D eigenvalue weighted by molar-refractivity contribution is 6.08. The average molecular weight is 458 g/mol. The van der Waals surface area contributed by atoms with E-state index in [1.807, 2.05) is 24.3 Å². The molecule has 3 heterocycles. The lowest BCUT2D eigenvalue weighted by Crippen LogP contribution is -2.42. The fourth-order valence-corrected chi connectivity index (χ4v) is 4.93. The number of carbonyl (C=O) groups is 3. The van der Waals surface area contributed by atoms with Crippen LogP contribution < -0.4 is 15.0 Å². The van der Waals surface area contributed by atoms with Crippen LogP contribution in [0.25, 0.3) is 0 Å². The molecule has 2 fully saturated rings. The van der Waals surface area contributed by atoms with Crippen molar-refractivity contribution in [1.82, 2.24) is 10.2 Å². The van der Waals surface area contributed by atoms with Crippen molar-refractivity contribution in [3.8, 4) is 17.6 Å². The van der Waals surface area contributed by atoms with Gasteiger partial charge in [0.25, 0.3) is 5.91 Å². The molecule has 174 valence electrons. The van der Waals surface area contributed by atoms with Crippen LogP contribution >= 0.6 is 0 Å². The van der Waals surface area contributed by atoms with Gasteiger partial charge in [-0.2, -0.15) is 0 Å². The summed E-state index contributed by atoms with van der Waals surface area (Å²) in [5, 5.41) is 2.38. The van der Waals surface area contributed by atoms with Gasteiger partial charge in [0.05, 0.1) is 13.5 Å². The number of imide groups is 1. The minimum atomic E-state index is -1.27. The Morgan fingerprint density at radius 2 is 1.79 bits per heavy atom. The Balaban J connectivity index is 1.38. The van der Waals surface area contributed by atoms with Crippen LogP contribution in [-0.2, 0) is 16.1 Å². The molecule has 7 nitrogen and oxygen atoms in total. The summed E-state index contributed by atoms with van der Waals surface area (Å²) < 4.78 is 5.24. The fraction of sp³-hybridized carbons (Fsp3) is 0.370. The second-order valence-electron chi connectivity index (χ2n) is 9.17. The summed E-state index contributed by atoms with van der Waals surface area (Å²) in [7, 11) is 1.55. The van der Waals surface area contributed by atoms with Crippen LogP contribution in [-0.4, -0.2) is 49.4 Å². The third-order valence-electron chi connectivity index (χ3n) is 6.84. The van der Waals surface area contributed by atoms with Crippen LogP contribution in [0.3, 0.4) is 0 Å². The van der Waals surface area contributed by atoms with Crippen molar-refractivity contribution in [3.05, 3.63) is 59.2 Å². The second-order valence-corrected chi connectivity index (χ2v) is 9.17. The number of anilines is 1. The van der Waals surface area contributed by atoms with E-state index >= 15 is 0 Å². The van der Waals surface area contributed by atoms with E-state index in [1.165, 1.54) is 24.9 Å². The number of hydrogen-bond donors (Lipinski definition) is 1. The molecular formula is C27H27N3O4. The zero-order chi connectivity index (χ0) is 23.7. The molecule has 5 rings (SSSR count). The third kappa shape index (κ3) is 4.12. The zero-order valence-corrected chi connectivity index (χ0v) is 19.2. The largest absolute Gasteiger partial charge is 0.497 e. The number of ether oxygens (including phenoxy) is 1. The molecule has 34 heavy (non-hydrogen) atoms. The molecule has 2 aromatic rings. The Morgan fingerprint density at radius 1 is 1.03 bits per heavy atom. The summed E-state index contributed by atoms with van der Waals surface area (Å²) in [5.74, 6) is 5.77. The van der Waals surface area contributed by atoms with Crippen LogP contribution in [0.2, 0.25) is 0 Å². The van der Waals surface area contributed by atoms with Gasteiger partial charge in [-0.05, 0) is 61.2 Å². The molecule has 1 atom stereocenters. The summed E-state index contributed by atoms with van der Waals surface area (Å²) in [4.78, 5) is 42.0. The zero-order valence-electron chi connectivity index (χ0n) is 19.2. The highest BCUT2D eigenvalue weighted by atomic mass is 16.5. The number of methoxy groups -OCH3 is 1. The maximum atomic E-state index is 13.0. The summed E-state index contributed by atoms with van der Waals surface area (Å²) in [5.41, 5.74) is 2.09. The molecule has 3 aliphatic rings. The molecule has 3 amide bonds. The molecule has 3 aliphatic heterocycles. The van der Waals surface area contributed by atoms with Crippen molar-refractivity contribution in [3.63, 3.8) is 0 Å². The van der Waals surface area contributed by atoms with Crippen LogP contribution in [0.4, 0.5) is 5.69 Å². The predicted octanol–water partition coefficient (Wildman–Crippen LogP) is 2.73. The van der Waals surface area contributed by atoms with Crippen molar-refractivity contribution in [2.75, 3.05) is 31.6 Å². The molecule has 0 radical (unpaired) electrons. The lowest BCUT2D eigenvalue weighted by atomic mass is 9.85. The molecule has 0 aromatic heterocycles.